The molecule has 1 heterocycles. The van der Waals surface area contributed by atoms with Crippen molar-refractivity contribution in [3.63, 3.8) is 0 Å². The summed E-state index contributed by atoms with van der Waals surface area (Å²) >= 11 is 3.65. The van der Waals surface area contributed by atoms with Gasteiger partial charge in [-0.15, -0.1) is 23.5 Å². The van der Waals surface area contributed by atoms with E-state index in [4.69, 9.17) is 5.21 Å². The second kappa shape index (κ2) is 6.37. The molecule has 1 N–H and O–H groups in total. The van der Waals surface area contributed by atoms with Crippen molar-refractivity contribution in [3.05, 3.63) is 60.2 Å². The first-order chi connectivity index (χ1) is 9.86. The van der Waals surface area contributed by atoms with E-state index >= 15 is 0 Å². The summed E-state index contributed by atoms with van der Waals surface area (Å²) in [5, 5.41) is 12.1. The lowest BCUT2D eigenvalue weighted by Crippen LogP contribution is -2.13. The van der Waals surface area contributed by atoms with Crippen LogP contribution in [0.5, 0.6) is 0 Å². The minimum Gasteiger partial charge on any atom is -0.411 e. The molecule has 2 aromatic rings. The van der Waals surface area contributed by atoms with Gasteiger partial charge in [0.15, 0.2) is 0 Å². The van der Waals surface area contributed by atoms with Gasteiger partial charge in [0.25, 0.3) is 0 Å². The second-order valence-electron chi connectivity index (χ2n) is 4.61. The molecule has 1 aliphatic heterocycles. The quantitative estimate of drug-likeness (QED) is 0.646. The third-order valence-corrected chi connectivity index (χ3v) is 6.20. The van der Waals surface area contributed by atoms with Crippen LogP contribution in [-0.2, 0) is 0 Å². The van der Waals surface area contributed by atoms with Crippen LogP contribution >= 0.6 is 23.5 Å². The molecule has 0 atom stereocenters. The maximum absolute atomic E-state index is 8.77. The Bertz CT molecular complexity index is 586. The molecule has 102 valence electrons. The van der Waals surface area contributed by atoms with Crippen molar-refractivity contribution >= 4 is 29.2 Å². The molecule has 0 saturated carbocycles. The molecule has 4 heteroatoms. The summed E-state index contributed by atoms with van der Waals surface area (Å²) in [4.78, 5) is 0. The Hall–Kier alpha value is -1.39. The number of benzene rings is 2. The molecule has 2 aromatic carbocycles. The molecule has 20 heavy (non-hydrogen) atoms. The van der Waals surface area contributed by atoms with E-state index in [1.165, 1.54) is 16.7 Å². The lowest BCUT2D eigenvalue weighted by molar-refractivity contribution is 0.318. The second-order valence-corrected chi connectivity index (χ2v) is 7.09. The lowest BCUT2D eigenvalue weighted by Gasteiger charge is -2.22. The van der Waals surface area contributed by atoms with Crippen molar-refractivity contribution in [3.8, 4) is 11.1 Å². The van der Waals surface area contributed by atoms with Crippen LogP contribution in [0.15, 0.2) is 59.8 Å². The Morgan fingerprint density at radius 2 is 1.45 bits per heavy atom. The van der Waals surface area contributed by atoms with Crippen LogP contribution in [0.25, 0.3) is 11.1 Å². The summed E-state index contributed by atoms with van der Waals surface area (Å²) in [5.74, 6) is 1.63. The Labute approximate surface area is 127 Å². The van der Waals surface area contributed by atoms with Crippen LogP contribution < -0.4 is 0 Å². The molecule has 0 bridgehead atoms. The molecule has 1 aliphatic rings. The Kier molecular flexibility index (Phi) is 4.33. The van der Waals surface area contributed by atoms with Gasteiger partial charge in [-0.3, -0.25) is 0 Å². The SMILES string of the molecule is ON=C1CSC(c2ccc(-c3ccccc3)cc2)SC1. The Morgan fingerprint density at radius 1 is 0.850 bits per heavy atom. The van der Waals surface area contributed by atoms with E-state index in [1.807, 2.05) is 29.6 Å². The van der Waals surface area contributed by atoms with Crippen LogP contribution in [0.1, 0.15) is 10.1 Å². The number of hydrogen-bond acceptors (Lipinski definition) is 4. The maximum Gasteiger partial charge on any atom is 0.0769 e. The molecule has 1 fully saturated rings. The molecule has 0 spiro atoms. The van der Waals surface area contributed by atoms with Crippen molar-refractivity contribution in [2.75, 3.05) is 11.5 Å². The van der Waals surface area contributed by atoms with Crippen molar-refractivity contribution in [2.24, 2.45) is 5.16 Å². The molecule has 0 aliphatic carbocycles. The fourth-order valence-electron chi connectivity index (χ4n) is 2.15. The zero-order valence-electron chi connectivity index (χ0n) is 10.9. The molecular weight excluding hydrogens is 286 g/mol. The zero-order valence-corrected chi connectivity index (χ0v) is 12.5. The number of oxime groups is 1. The van der Waals surface area contributed by atoms with Gasteiger partial charge >= 0.3 is 0 Å². The fourth-order valence-corrected chi connectivity index (χ4v) is 4.78. The molecule has 0 unspecified atom stereocenters. The van der Waals surface area contributed by atoms with Gasteiger partial charge in [-0.05, 0) is 16.7 Å². The number of nitrogens with zero attached hydrogens (tertiary/aromatic N) is 1. The van der Waals surface area contributed by atoms with Crippen molar-refractivity contribution < 1.29 is 5.21 Å². The van der Waals surface area contributed by atoms with Crippen molar-refractivity contribution in [1.29, 1.82) is 0 Å². The van der Waals surface area contributed by atoms with E-state index < -0.39 is 0 Å². The van der Waals surface area contributed by atoms with E-state index in [-0.39, 0.29) is 0 Å². The smallest absolute Gasteiger partial charge is 0.0769 e. The molecular formula is C16H15NOS2. The van der Waals surface area contributed by atoms with Gasteiger partial charge in [-0.2, -0.15) is 0 Å². The van der Waals surface area contributed by atoms with Crippen LogP contribution in [0, 0.1) is 0 Å². The first kappa shape index (κ1) is 13.6. The van der Waals surface area contributed by atoms with Gasteiger partial charge in [-0.1, -0.05) is 59.8 Å². The molecule has 0 aromatic heterocycles. The maximum atomic E-state index is 8.77. The summed E-state index contributed by atoms with van der Waals surface area (Å²) in [6.45, 7) is 0. The van der Waals surface area contributed by atoms with Crippen LogP contribution in [0.3, 0.4) is 0 Å². The molecule has 2 nitrogen and oxygen atoms in total. The van der Waals surface area contributed by atoms with E-state index in [2.05, 4.69) is 53.7 Å². The normalized spacial score (nSPS) is 18.8. The van der Waals surface area contributed by atoms with Gasteiger partial charge in [0.05, 0.1) is 10.3 Å². The summed E-state index contributed by atoms with van der Waals surface area (Å²) < 4.78 is 0.435. The number of thioether (sulfide) groups is 2. The van der Waals surface area contributed by atoms with Crippen molar-refractivity contribution in [1.82, 2.24) is 0 Å². The van der Waals surface area contributed by atoms with E-state index in [1.54, 1.807) is 0 Å². The summed E-state index contributed by atoms with van der Waals surface area (Å²) in [7, 11) is 0. The van der Waals surface area contributed by atoms with Crippen LogP contribution in [0.2, 0.25) is 0 Å². The van der Waals surface area contributed by atoms with E-state index in [0.29, 0.717) is 4.58 Å². The third kappa shape index (κ3) is 3.02. The highest BCUT2D eigenvalue weighted by Gasteiger charge is 2.20. The predicted molar refractivity (Wildman–Crippen MR) is 88.8 cm³/mol. The molecule has 1 saturated heterocycles. The van der Waals surface area contributed by atoms with Crippen LogP contribution in [0.4, 0.5) is 0 Å². The van der Waals surface area contributed by atoms with Gasteiger partial charge in [0.2, 0.25) is 0 Å². The lowest BCUT2D eigenvalue weighted by atomic mass is 10.0. The monoisotopic (exact) mass is 301 g/mol. The fraction of sp³-hybridized carbons (Fsp3) is 0.188. The van der Waals surface area contributed by atoms with Gasteiger partial charge in [0.1, 0.15) is 0 Å². The summed E-state index contributed by atoms with van der Waals surface area (Å²) in [5.41, 5.74) is 4.70. The zero-order chi connectivity index (χ0) is 13.8. The first-order valence-corrected chi connectivity index (χ1v) is 8.55. The standard InChI is InChI=1S/C16H15NOS2/c18-17-15-10-19-16(20-11-15)14-8-6-13(7-9-14)12-4-2-1-3-5-12/h1-9,16,18H,10-11H2. The summed E-state index contributed by atoms with van der Waals surface area (Å²) in [6, 6.07) is 19.2. The Morgan fingerprint density at radius 3 is 2.05 bits per heavy atom. The first-order valence-electron chi connectivity index (χ1n) is 6.45. The van der Waals surface area contributed by atoms with Gasteiger partial charge < -0.3 is 5.21 Å². The van der Waals surface area contributed by atoms with Crippen molar-refractivity contribution in [2.45, 2.75) is 4.58 Å². The van der Waals surface area contributed by atoms with Gasteiger partial charge in [-0.25, -0.2) is 0 Å². The number of hydrogen-bond donors (Lipinski definition) is 1. The van der Waals surface area contributed by atoms with E-state index in [0.717, 1.165) is 17.2 Å². The highest BCUT2D eigenvalue weighted by molar-refractivity contribution is 8.18. The van der Waals surface area contributed by atoms with Gasteiger partial charge in [0, 0.05) is 11.5 Å². The average molecular weight is 301 g/mol. The largest absolute Gasteiger partial charge is 0.411 e. The minimum absolute atomic E-state index is 0.435. The third-order valence-electron chi connectivity index (χ3n) is 3.23. The topological polar surface area (TPSA) is 32.6 Å². The molecule has 0 amide bonds. The Balaban J connectivity index is 1.74. The van der Waals surface area contributed by atoms with Crippen LogP contribution in [-0.4, -0.2) is 22.4 Å². The van der Waals surface area contributed by atoms with E-state index in [9.17, 15) is 0 Å². The number of rotatable bonds is 2. The highest BCUT2D eigenvalue weighted by Crippen LogP contribution is 2.43. The highest BCUT2D eigenvalue weighted by atomic mass is 32.2. The minimum atomic E-state index is 0.435. The molecule has 0 radical (unpaired) electrons. The average Bonchev–Trinajstić information content (AvgIpc) is 2.56. The molecule has 3 rings (SSSR count). The summed E-state index contributed by atoms with van der Waals surface area (Å²) in [6.07, 6.45) is 0. The predicted octanol–water partition coefficient (Wildman–Crippen LogP) is 4.66.